The summed E-state index contributed by atoms with van der Waals surface area (Å²) in [6, 6.07) is 4.92. The van der Waals surface area contributed by atoms with Crippen LogP contribution in [0.2, 0.25) is 6.32 Å². The number of fused-ring (bicyclic) bond motifs is 2. The van der Waals surface area contributed by atoms with Crippen molar-refractivity contribution in [1.29, 1.82) is 0 Å². The van der Waals surface area contributed by atoms with E-state index in [4.69, 9.17) is 19.2 Å². The highest BCUT2D eigenvalue weighted by Gasteiger charge is 2.49. The van der Waals surface area contributed by atoms with Crippen molar-refractivity contribution in [3.63, 3.8) is 0 Å². The molecule has 1 saturated heterocycles. The first-order chi connectivity index (χ1) is 17.3. The Morgan fingerprint density at radius 2 is 1.97 bits per heavy atom. The molecule has 1 aliphatic heterocycles. The monoisotopic (exact) mass is 508 g/mol. The van der Waals surface area contributed by atoms with Gasteiger partial charge >= 0.3 is 19.3 Å². The van der Waals surface area contributed by atoms with Crippen molar-refractivity contribution >= 4 is 13.1 Å². The molecule has 1 heterocycles. The van der Waals surface area contributed by atoms with Crippen LogP contribution >= 0.6 is 0 Å². The molecule has 2 aliphatic rings. The number of unbranched alkanes of at least 4 members (excludes halogenated alkanes) is 2. The lowest BCUT2D eigenvalue weighted by molar-refractivity contribution is -0.138. The molecular weight excluding hydrogens is 472 g/mol. The molecular formula is C27H36BF3O5. The number of ether oxygens (including phenoxy) is 1. The van der Waals surface area contributed by atoms with Gasteiger partial charge in [-0.05, 0) is 62.5 Å². The lowest BCUT2D eigenvalue weighted by Crippen LogP contribution is -2.37. The van der Waals surface area contributed by atoms with Crippen LogP contribution in [-0.4, -0.2) is 37.0 Å². The van der Waals surface area contributed by atoms with Crippen LogP contribution in [0.5, 0.6) is 5.75 Å². The summed E-state index contributed by atoms with van der Waals surface area (Å²) in [4.78, 5) is 10.7. The molecule has 36 heavy (non-hydrogen) atoms. The van der Waals surface area contributed by atoms with Crippen molar-refractivity contribution in [2.45, 2.75) is 83.0 Å². The van der Waals surface area contributed by atoms with Gasteiger partial charge in [-0.2, -0.15) is 13.2 Å². The average Bonchev–Trinajstić information content (AvgIpc) is 3.07. The topological polar surface area (TPSA) is 65.0 Å². The van der Waals surface area contributed by atoms with Crippen LogP contribution < -0.4 is 4.74 Å². The maximum atomic E-state index is 12.9. The molecule has 1 N–H and O–H groups in total. The van der Waals surface area contributed by atoms with Gasteiger partial charge < -0.3 is 19.2 Å². The molecule has 2 fully saturated rings. The third-order valence-electron chi connectivity index (χ3n) is 6.72. The van der Waals surface area contributed by atoms with E-state index in [-0.39, 0.29) is 49.9 Å². The molecule has 1 aromatic rings. The maximum absolute atomic E-state index is 12.9. The summed E-state index contributed by atoms with van der Waals surface area (Å²) in [5, 5.41) is 8.78. The number of aliphatic carboxylic acids is 1. The molecule has 1 aromatic carbocycles. The van der Waals surface area contributed by atoms with Gasteiger partial charge in [0.1, 0.15) is 5.75 Å². The summed E-state index contributed by atoms with van der Waals surface area (Å²) >= 11 is 0. The Bertz CT molecular complexity index is 888. The molecule has 3 rings (SSSR count). The van der Waals surface area contributed by atoms with Gasteiger partial charge in [-0.3, -0.25) is 4.79 Å². The molecule has 5 nitrogen and oxygen atoms in total. The minimum atomic E-state index is -4.39. The summed E-state index contributed by atoms with van der Waals surface area (Å²) in [7, 11) is -0.182. The van der Waals surface area contributed by atoms with Crippen LogP contribution in [0.1, 0.15) is 63.9 Å². The lowest BCUT2D eigenvalue weighted by Gasteiger charge is -2.27. The van der Waals surface area contributed by atoms with Gasteiger partial charge in [-0.25, -0.2) is 0 Å². The van der Waals surface area contributed by atoms with Gasteiger partial charge in [0.2, 0.25) is 0 Å². The van der Waals surface area contributed by atoms with Crippen LogP contribution in [0.15, 0.2) is 48.6 Å². The molecule has 3 unspecified atom stereocenters. The number of hydrogen-bond acceptors (Lipinski definition) is 4. The first-order valence-corrected chi connectivity index (χ1v) is 12.9. The number of hydrogen-bond donors (Lipinski definition) is 1. The first-order valence-electron chi connectivity index (χ1n) is 12.9. The summed E-state index contributed by atoms with van der Waals surface area (Å²) in [6.45, 7) is 2.42. The van der Waals surface area contributed by atoms with Gasteiger partial charge in [-0.15, -0.1) is 0 Å². The number of carbonyl (C=O) groups is 1. The van der Waals surface area contributed by atoms with Crippen LogP contribution in [0.4, 0.5) is 13.2 Å². The molecule has 1 saturated carbocycles. The van der Waals surface area contributed by atoms with E-state index in [1.807, 2.05) is 12.2 Å². The van der Waals surface area contributed by atoms with Gasteiger partial charge in [0.05, 0.1) is 18.3 Å². The zero-order chi connectivity index (χ0) is 26.0. The number of carboxylic acids is 1. The summed E-state index contributed by atoms with van der Waals surface area (Å²) in [6.07, 6.45) is 10.9. The molecule has 2 bridgehead atoms. The zero-order valence-corrected chi connectivity index (χ0v) is 20.8. The molecule has 0 radical (unpaired) electrons. The van der Waals surface area contributed by atoms with E-state index in [1.165, 1.54) is 12.1 Å². The molecule has 198 valence electrons. The number of allylic oxidation sites excluding steroid dienone is 2. The third-order valence-corrected chi connectivity index (χ3v) is 6.72. The minimum absolute atomic E-state index is 0.0802. The van der Waals surface area contributed by atoms with E-state index in [0.29, 0.717) is 12.8 Å². The Labute approximate surface area is 211 Å². The zero-order valence-electron chi connectivity index (χ0n) is 20.8. The highest BCUT2D eigenvalue weighted by atomic mass is 19.4. The molecule has 1 aliphatic carbocycles. The highest BCUT2D eigenvalue weighted by molar-refractivity contribution is 6.44. The minimum Gasteiger partial charge on any atom is -0.493 e. The summed E-state index contributed by atoms with van der Waals surface area (Å²) < 4.78 is 56.7. The number of rotatable bonds is 14. The van der Waals surface area contributed by atoms with Gasteiger partial charge in [0.25, 0.3) is 0 Å². The Hall–Kier alpha value is -2.26. The van der Waals surface area contributed by atoms with E-state index in [0.717, 1.165) is 50.6 Å². The Kier molecular flexibility index (Phi) is 10.9. The van der Waals surface area contributed by atoms with Crippen LogP contribution in [0.3, 0.4) is 0 Å². The van der Waals surface area contributed by atoms with Crippen molar-refractivity contribution in [1.82, 2.24) is 0 Å². The first kappa shape index (κ1) is 28.3. The standard InChI is InChI=1S/C27H36BF3O5/c1-2-3-16-28-35-24-19-25(36-28)23(22(24)13-6-4-5-7-15-26(32)33)14-8-9-17-34-21-12-10-11-20(18-21)27(29,30)31/h4,6,8,10-12,14,18,22-25H,2-3,5,7,9,13,15-17,19H2,1H3,(H,32,33)/b6-4-,14-8+/t22-,23?,24?,25?/m1/s1. The summed E-state index contributed by atoms with van der Waals surface area (Å²) in [5.41, 5.74) is -0.720. The molecule has 0 spiro atoms. The highest BCUT2D eigenvalue weighted by Crippen LogP contribution is 2.44. The number of carboxylic acid groups (broad SMARTS) is 1. The van der Waals surface area contributed by atoms with Gasteiger partial charge in [0.15, 0.2) is 0 Å². The average molecular weight is 508 g/mol. The molecule has 4 atom stereocenters. The predicted octanol–water partition coefficient (Wildman–Crippen LogP) is 6.94. The van der Waals surface area contributed by atoms with E-state index in [9.17, 15) is 18.0 Å². The second-order valence-electron chi connectivity index (χ2n) is 9.48. The summed E-state index contributed by atoms with van der Waals surface area (Å²) in [5.74, 6) is -0.132. The predicted molar refractivity (Wildman–Crippen MR) is 133 cm³/mol. The largest absolute Gasteiger partial charge is 0.493 e. The van der Waals surface area contributed by atoms with E-state index in [2.05, 4.69) is 19.1 Å². The third kappa shape index (κ3) is 8.70. The SMILES string of the molecule is CCCCB1OC2CC(O1)[C@H](C/C=C\CCCC(=O)O)C2/C=C/CCOc1cccc(C(F)(F)F)c1. The number of benzene rings is 1. The Morgan fingerprint density at radius 1 is 1.17 bits per heavy atom. The number of halogens is 3. The molecule has 0 amide bonds. The fraction of sp³-hybridized carbons (Fsp3) is 0.593. The fourth-order valence-electron chi connectivity index (χ4n) is 4.89. The van der Waals surface area contributed by atoms with Crippen molar-refractivity contribution < 1.29 is 37.1 Å². The van der Waals surface area contributed by atoms with Crippen molar-refractivity contribution in [3.8, 4) is 5.75 Å². The quantitative estimate of drug-likeness (QED) is 0.168. The number of alkyl halides is 3. The van der Waals surface area contributed by atoms with Crippen molar-refractivity contribution in [3.05, 3.63) is 54.1 Å². The van der Waals surface area contributed by atoms with Crippen LogP contribution in [-0.2, 0) is 20.3 Å². The van der Waals surface area contributed by atoms with Gasteiger partial charge in [0, 0.05) is 18.4 Å². The Morgan fingerprint density at radius 3 is 2.72 bits per heavy atom. The van der Waals surface area contributed by atoms with Crippen molar-refractivity contribution in [2.24, 2.45) is 11.8 Å². The second kappa shape index (κ2) is 13.9. The van der Waals surface area contributed by atoms with Crippen LogP contribution in [0.25, 0.3) is 0 Å². The fourth-order valence-corrected chi connectivity index (χ4v) is 4.89. The van der Waals surface area contributed by atoms with Crippen LogP contribution in [0, 0.1) is 11.8 Å². The van der Waals surface area contributed by atoms with Gasteiger partial charge in [-0.1, -0.05) is 50.1 Å². The van der Waals surface area contributed by atoms with E-state index >= 15 is 0 Å². The van der Waals surface area contributed by atoms with E-state index < -0.39 is 17.7 Å². The van der Waals surface area contributed by atoms with E-state index in [1.54, 1.807) is 0 Å². The normalized spacial score (nSPS) is 24.2. The molecule has 0 aromatic heterocycles. The lowest BCUT2D eigenvalue weighted by atomic mass is 9.80. The Balaban J connectivity index is 1.55. The molecule has 9 heteroatoms. The smallest absolute Gasteiger partial charge is 0.457 e. The van der Waals surface area contributed by atoms with Crippen molar-refractivity contribution in [2.75, 3.05) is 6.61 Å². The maximum Gasteiger partial charge on any atom is 0.457 e. The second-order valence-corrected chi connectivity index (χ2v) is 9.48.